The molecule has 2 N–H and O–H groups in total. The molecule has 0 amide bonds. The van der Waals surface area contributed by atoms with Crippen molar-refractivity contribution in [3.8, 4) is 0 Å². The van der Waals surface area contributed by atoms with Crippen LogP contribution in [0.4, 0.5) is 8.78 Å². The maximum Gasteiger partial charge on any atom is 0.126 e. The molecule has 0 aliphatic carbocycles. The summed E-state index contributed by atoms with van der Waals surface area (Å²) in [5.74, 6) is -0.888. The second-order valence-electron chi connectivity index (χ2n) is 3.32. The predicted molar refractivity (Wildman–Crippen MR) is 58.4 cm³/mol. The topological polar surface area (TPSA) is 47.6 Å². The van der Waals surface area contributed by atoms with Gasteiger partial charge in [0.2, 0.25) is 0 Å². The number of ether oxygens (including phenoxy) is 1. The molecule has 0 unspecified atom stereocenters. The van der Waals surface area contributed by atoms with Crippen LogP contribution in [0.1, 0.15) is 5.56 Å². The van der Waals surface area contributed by atoms with Gasteiger partial charge in [0.1, 0.15) is 11.6 Å². The standard InChI is InChI=1S/C11H14F2N2O/c1-16-3-2-15-11(14)6-8-4-9(12)7-10(13)5-8/h4-5,7H,2-3,6H2,1H3,(H2,14,15). The lowest BCUT2D eigenvalue weighted by atomic mass is 10.1. The van der Waals surface area contributed by atoms with Crippen LogP contribution in [0.15, 0.2) is 23.2 Å². The molecule has 0 radical (unpaired) electrons. The molecule has 0 bridgehead atoms. The lowest BCUT2D eigenvalue weighted by Crippen LogP contribution is -2.16. The van der Waals surface area contributed by atoms with Crippen molar-refractivity contribution in [2.24, 2.45) is 10.7 Å². The summed E-state index contributed by atoms with van der Waals surface area (Å²) in [6.07, 6.45) is 0.235. The Morgan fingerprint density at radius 3 is 2.50 bits per heavy atom. The first-order chi connectivity index (χ1) is 7.61. The number of methoxy groups -OCH3 is 1. The van der Waals surface area contributed by atoms with E-state index in [0.29, 0.717) is 24.6 Å². The lowest BCUT2D eigenvalue weighted by molar-refractivity contribution is 0.208. The van der Waals surface area contributed by atoms with E-state index in [1.54, 1.807) is 7.11 Å². The van der Waals surface area contributed by atoms with Crippen LogP contribution in [0.2, 0.25) is 0 Å². The number of amidine groups is 1. The molecule has 0 heterocycles. The van der Waals surface area contributed by atoms with Crippen molar-refractivity contribution in [3.63, 3.8) is 0 Å². The minimum Gasteiger partial charge on any atom is -0.387 e. The van der Waals surface area contributed by atoms with E-state index in [0.717, 1.165) is 6.07 Å². The fraction of sp³-hybridized carbons (Fsp3) is 0.364. The maximum absolute atomic E-state index is 12.8. The summed E-state index contributed by atoms with van der Waals surface area (Å²) in [5, 5.41) is 0. The zero-order valence-electron chi connectivity index (χ0n) is 9.04. The van der Waals surface area contributed by atoms with E-state index in [2.05, 4.69) is 4.99 Å². The first-order valence-corrected chi connectivity index (χ1v) is 4.84. The number of hydrogen-bond donors (Lipinski definition) is 1. The third-order valence-corrected chi connectivity index (χ3v) is 1.92. The van der Waals surface area contributed by atoms with Gasteiger partial charge in [-0.05, 0) is 17.7 Å². The first kappa shape index (κ1) is 12.6. The summed E-state index contributed by atoms with van der Waals surface area (Å²) < 4.78 is 30.5. The summed E-state index contributed by atoms with van der Waals surface area (Å²) in [5.41, 5.74) is 6.06. The largest absolute Gasteiger partial charge is 0.387 e. The molecule has 0 aliphatic rings. The molecule has 0 aliphatic heterocycles. The molecule has 0 spiro atoms. The van der Waals surface area contributed by atoms with E-state index in [9.17, 15) is 8.78 Å². The van der Waals surface area contributed by atoms with Crippen LogP contribution in [0, 0.1) is 11.6 Å². The van der Waals surface area contributed by atoms with Gasteiger partial charge in [0, 0.05) is 19.6 Å². The highest BCUT2D eigenvalue weighted by atomic mass is 19.1. The number of hydrogen-bond acceptors (Lipinski definition) is 2. The van der Waals surface area contributed by atoms with Crippen LogP contribution in [0.5, 0.6) is 0 Å². The van der Waals surface area contributed by atoms with Crippen LogP contribution in [0.25, 0.3) is 0 Å². The van der Waals surface area contributed by atoms with Gasteiger partial charge in [-0.15, -0.1) is 0 Å². The maximum atomic E-state index is 12.8. The molecule has 88 valence electrons. The Labute approximate surface area is 92.9 Å². The van der Waals surface area contributed by atoms with Crippen molar-refractivity contribution in [2.75, 3.05) is 20.3 Å². The third-order valence-electron chi connectivity index (χ3n) is 1.92. The number of nitrogens with zero attached hydrogens (tertiary/aromatic N) is 1. The molecule has 16 heavy (non-hydrogen) atoms. The Morgan fingerprint density at radius 2 is 1.94 bits per heavy atom. The van der Waals surface area contributed by atoms with E-state index < -0.39 is 11.6 Å². The van der Waals surface area contributed by atoms with E-state index >= 15 is 0 Å². The monoisotopic (exact) mass is 228 g/mol. The van der Waals surface area contributed by atoms with Crippen molar-refractivity contribution in [1.29, 1.82) is 0 Å². The molecule has 1 aromatic carbocycles. The van der Waals surface area contributed by atoms with Gasteiger partial charge in [0.05, 0.1) is 19.0 Å². The van der Waals surface area contributed by atoms with Crippen LogP contribution in [-0.2, 0) is 11.2 Å². The molecule has 5 heteroatoms. The smallest absolute Gasteiger partial charge is 0.126 e. The molecule has 3 nitrogen and oxygen atoms in total. The summed E-state index contributed by atoms with van der Waals surface area (Å²) in [6, 6.07) is 3.30. The number of nitrogens with two attached hydrogens (primary N) is 1. The van der Waals surface area contributed by atoms with Gasteiger partial charge in [0.15, 0.2) is 0 Å². The number of benzene rings is 1. The van der Waals surface area contributed by atoms with E-state index in [-0.39, 0.29) is 6.42 Å². The van der Waals surface area contributed by atoms with E-state index in [4.69, 9.17) is 10.5 Å². The Bertz CT molecular complexity index is 360. The Kier molecular flexibility index (Phi) is 4.85. The van der Waals surface area contributed by atoms with Crippen LogP contribution >= 0.6 is 0 Å². The third kappa shape index (κ3) is 4.35. The van der Waals surface area contributed by atoms with E-state index in [1.807, 2.05) is 0 Å². The van der Waals surface area contributed by atoms with E-state index in [1.165, 1.54) is 12.1 Å². The van der Waals surface area contributed by atoms with Crippen molar-refractivity contribution in [3.05, 3.63) is 35.4 Å². The van der Waals surface area contributed by atoms with Gasteiger partial charge in [-0.2, -0.15) is 0 Å². The Hall–Kier alpha value is -1.49. The molecule has 0 saturated heterocycles. The van der Waals surface area contributed by atoms with Crippen LogP contribution in [-0.4, -0.2) is 26.1 Å². The highest BCUT2D eigenvalue weighted by Crippen LogP contribution is 2.08. The average Bonchev–Trinajstić information content (AvgIpc) is 2.16. The Morgan fingerprint density at radius 1 is 1.31 bits per heavy atom. The van der Waals surface area contributed by atoms with Crippen molar-refractivity contribution >= 4 is 5.84 Å². The van der Waals surface area contributed by atoms with Gasteiger partial charge in [0.25, 0.3) is 0 Å². The van der Waals surface area contributed by atoms with Gasteiger partial charge < -0.3 is 10.5 Å². The number of aliphatic imine (C=N–C) groups is 1. The minimum atomic E-state index is -0.611. The van der Waals surface area contributed by atoms with Gasteiger partial charge in [-0.25, -0.2) is 8.78 Å². The highest BCUT2D eigenvalue weighted by molar-refractivity contribution is 5.82. The summed E-state index contributed by atoms with van der Waals surface area (Å²) in [7, 11) is 1.56. The summed E-state index contributed by atoms with van der Waals surface area (Å²) in [4.78, 5) is 3.99. The second-order valence-corrected chi connectivity index (χ2v) is 3.32. The van der Waals surface area contributed by atoms with Gasteiger partial charge in [-0.1, -0.05) is 0 Å². The number of halogens is 2. The molecule has 1 rings (SSSR count). The normalized spacial score (nSPS) is 11.8. The van der Waals surface area contributed by atoms with Crippen molar-refractivity contribution < 1.29 is 13.5 Å². The lowest BCUT2D eigenvalue weighted by Gasteiger charge is -2.02. The summed E-state index contributed by atoms with van der Waals surface area (Å²) >= 11 is 0. The number of rotatable bonds is 5. The molecule has 0 aromatic heterocycles. The van der Waals surface area contributed by atoms with Crippen LogP contribution < -0.4 is 5.73 Å². The quantitative estimate of drug-likeness (QED) is 0.472. The predicted octanol–water partition coefficient (Wildman–Crippen LogP) is 1.51. The van der Waals surface area contributed by atoms with Crippen LogP contribution in [0.3, 0.4) is 0 Å². The molecule has 1 aromatic rings. The fourth-order valence-corrected chi connectivity index (χ4v) is 1.26. The second kappa shape index (κ2) is 6.17. The first-order valence-electron chi connectivity index (χ1n) is 4.84. The minimum absolute atomic E-state index is 0.235. The van der Waals surface area contributed by atoms with Crippen molar-refractivity contribution in [1.82, 2.24) is 0 Å². The molecule has 0 fully saturated rings. The summed E-state index contributed by atoms with van der Waals surface area (Å²) in [6.45, 7) is 0.915. The fourth-order valence-electron chi connectivity index (χ4n) is 1.26. The van der Waals surface area contributed by atoms with Gasteiger partial charge >= 0.3 is 0 Å². The zero-order chi connectivity index (χ0) is 12.0. The molecule has 0 atom stereocenters. The highest BCUT2D eigenvalue weighted by Gasteiger charge is 2.02. The zero-order valence-corrected chi connectivity index (χ0v) is 9.04. The van der Waals surface area contributed by atoms with Gasteiger partial charge in [-0.3, -0.25) is 4.99 Å². The molecular weight excluding hydrogens is 214 g/mol. The Balaban J connectivity index is 2.61. The van der Waals surface area contributed by atoms with Crippen molar-refractivity contribution in [2.45, 2.75) is 6.42 Å². The molecular formula is C11H14F2N2O. The SMILES string of the molecule is COCCN=C(N)Cc1cc(F)cc(F)c1. The molecule has 0 saturated carbocycles. The average molecular weight is 228 g/mol.